The molecule has 2 saturated carbocycles. The normalized spacial score (nSPS) is 37.2. The minimum Gasteiger partial charge on any atom is -0.381 e. The van der Waals surface area contributed by atoms with E-state index in [-0.39, 0.29) is 0 Å². The molecule has 2 atom stereocenters. The maximum Gasteiger partial charge on any atom is 0.0652 e. The molecule has 0 aliphatic heterocycles. The van der Waals surface area contributed by atoms with Gasteiger partial charge in [0.05, 0.1) is 6.10 Å². The first-order valence-corrected chi connectivity index (χ1v) is 5.40. The first-order chi connectivity index (χ1) is 6.14. The second-order valence-electron chi connectivity index (χ2n) is 5.19. The van der Waals surface area contributed by atoms with Crippen LogP contribution in [-0.4, -0.2) is 25.8 Å². The topological polar surface area (TPSA) is 21.3 Å². The quantitative estimate of drug-likeness (QED) is 0.717. The van der Waals surface area contributed by atoms with Gasteiger partial charge in [0.25, 0.3) is 0 Å². The zero-order valence-electron chi connectivity index (χ0n) is 8.97. The first kappa shape index (κ1) is 9.47. The van der Waals surface area contributed by atoms with Crippen LogP contribution in [0, 0.1) is 11.3 Å². The van der Waals surface area contributed by atoms with Gasteiger partial charge in [-0.2, -0.15) is 0 Å². The molecule has 2 heteroatoms. The molecule has 1 N–H and O–H groups in total. The highest BCUT2D eigenvalue weighted by atomic mass is 16.5. The molecule has 0 spiro atoms. The predicted octanol–water partition coefficient (Wildman–Crippen LogP) is 1.80. The van der Waals surface area contributed by atoms with Gasteiger partial charge in [-0.1, -0.05) is 13.8 Å². The van der Waals surface area contributed by atoms with Crippen molar-refractivity contribution in [2.75, 3.05) is 13.7 Å². The van der Waals surface area contributed by atoms with Gasteiger partial charge in [-0.25, -0.2) is 0 Å². The molecule has 76 valence electrons. The van der Waals surface area contributed by atoms with Crippen molar-refractivity contribution in [1.29, 1.82) is 0 Å². The van der Waals surface area contributed by atoms with Crippen LogP contribution in [0.1, 0.15) is 33.1 Å². The van der Waals surface area contributed by atoms with Crippen molar-refractivity contribution in [1.82, 2.24) is 5.32 Å². The number of hydrogen-bond acceptors (Lipinski definition) is 2. The summed E-state index contributed by atoms with van der Waals surface area (Å²) in [4.78, 5) is 0. The van der Waals surface area contributed by atoms with E-state index in [0.29, 0.717) is 17.6 Å². The van der Waals surface area contributed by atoms with Gasteiger partial charge in [0, 0.05) is 18.6 Å². The van der Waals surface area contributed by atoms with Crippen LogP contribution in [0.5, 0.6) is 0 Å². The fraction of sp³-hybridized carbons (Fsp3) is 1.00. The van der Waals surface area contributed by atoms with Crippen molar-refractivity contribution in [2.45, 2.75) is 45.3 Å². The predicted molar refractivity (Wildman–Crippen MR) is 53.7 cm³/mol. The van der Waals surface area contributed by atoms with E-state index in [0.717, 1.165) is 5.92 Å². The van der Waals surface area contributed by atoms with E-state index in [1.165, 1.54) is 25.8 Å². The standard InChI is InChI=1S/C11H21NO/c1-11(2)9(6-10(11)13-3)12-7-8-4-5-8/h8-10,12H,4-7H2,1-3H3. The highest BCUT2D eigenvalue weighted by Gasteiger charge is 2.48. The molecule has 0 aromatic carbocycles. The molecular formula is C11H21NO. The largest absolute Gasteiger partial charge is 0.381 e. The van der Waals surface area contributed by atoms with Crippen LogP contribution in [0.4, 0.5) is 0 Å². The van der Waals surface area contributed by atoms with Crippen molar-refractivity contribution >= 4 is 0 Å². The van der Waals surface area contributed by atoms with Gasteiger partial charge < -0.3 is 10.1 Å². The summed E-state index contributed by atoms with van der Waals surface area (Å²) in [6.07, 6.45) is 4.53. The molecule has 0 radical (unpaired) electrons. The third-order valence-electron chi connectivity index (χ3n) is 3.81. The van der Waals surface area contributed by atoms with Crippen LogP contribution in [0.3, 0.4) is 0 Å². The fourth-order valence-electron chi connectivity index (χ4n) is 2.26. The van der Waals surface area contributed by atoms with Crippen LogP contribution >= 0.6 is 0 Å². The Kier molecular flexibility index (Phi) is 2.37. The Balaban J connectivity index is 1.75. The Morgan fingerprint density at radius 1 is 1.38 bits per heavy atom. The number of methoxy groups -OCH3 is 1. The monoisotopic (exact) mass is 183 g/mol. The van der Waals surface area contributed by atoms with E-state index >= 15 is 0 Å². The molecule has 2 unspecified atom stereocenters. The van der Waals surface area contributed by atoms with Gasteiger partial charge in [0.15, 0.2) is 0 Å². The van der Waals surface area contributed by atoms with Gasteiger partial charge in [-0.15, -0.1) is 0 Å². The summed E-state index contributed by atoms with van der Waals surface area (Å²) in [6, 6.07) is 0.679. The maximum atomic E-state index is 5.41. The van der Waals surface area contributed by atoms with Gasteiger partial charge >= 0.3 is 0 Å². The van der Waals surface area contributed by atoms with Gasteiger partial charge in [-0.3, -0.25) is 0 Å². The summed E-state index contributed by atoms with van der Waals surface area (Å²) in [5.74, 6) is 0.984. The van der Waals surface area contributed by atoms with Crippen LogP contribution < -0.4 is 5.32 Å². The van der Waals surface area contributed by atoms with Crippen molar-refractivity contribution in [3.63, 3.8) is 0 Å². The molecule has 2 nitrogen and oxygen atoms in total. The fourth-order valence-corrected chi connectivity index (χ4v) is 2.26. The number of hydrogen-bond donors (Lipinski definition) is 1. The molecule has 0 amide bonds. The van der Waals surface area contributed by atoms with Crippen LogP contribution in [-0.2, 0) is 4.74 Å². The summed E-state index contributed by atoms with van der Waals surface area (Å²) in [5.41, 5.74) is 0.337. The van der Waals surface area contributed by atoms with Gasteiger partial charge in [0.2, 0.25) is 0 Å². The number of ether oxygens (including phenoxy) is 1. The third kappa shape index (κ3) is 1.75. The SMILES string of the molecule is COC1CC(NCC2CC2)C1(C)C. The van der Waals surface area contributed by atoms with Crippen molar-refractivity contribution in [3.05, 3.63) is 0 Å². The minimum absolute atomic E-state index is 0.337. The smallest absolute Gasteiger partial charge is 0.0652 e. The summed E-state index contributed by atoms with van der Waals surface area (Å²) >= 11 is 0. The van der Waals surface area contributed by atoms with E-state index in [4.69, 9.17) is 4.74 Å². The van der Waals surface area contributed by atoms with Crippen molar-refractivity contribution in [2.24, 2.45) is 11.3 Å². The summed E-state index contributed by atoms with van der Waals surface area (Å²) in [6.45, 7) is 5.83. The number of nitrogens with one attached hydrogen (secondary N) is 1. The molecule has 2 aliphatic rings. The maximum absolute atomic E-state index is 5.41. The lowest BCUT2D eigenvalue weighted by Gasteiger charge is -2.51. The molecule has 0 heterocycles. The second kappa shape index (κ2) is 3.25. The first-order valence-electron chi connectivity index (χ1n) is 5.40. The Morgan fingerprint density at radius 3 is 2.54 bits per heavy atom. The van der Waals surface area contributed by atoms with E-state index in [2.05, 4.69) is 19.2 Å². The Labute approximate surface area is 81.0 Å². The van der Waals surface area contributed by atoms with E-state index in [9.17, 15) is 0 Å². The zero-order valence-corrected chi connectivity index (χ0v) is 8.97. The molecule has 13 heavy (non-hydrogen) atoms. The Bertz CT molecular complexity index is 187. The minimum atomic E-state index is 0.337. The second-order valence-corrected chi connectivity index (χ2v) is 5.19. The zero-order chi connectivity index (χ0) is 9.47. The Hall–Kier alpha value is -0.0800. The van der Waals surface area contributed by atoms with Crippen molar-refractivity contribution < 1.29 is 4.74 Å². The van der Waals surface area contributed by atoms with Gasteiger partial charge in [0.1, 0.15) is 0 Å². The molecule has 2 fully saturated rings. The lowest BCUT2D eigenvalue weighted by molar-refractivity contribution is -0.0974. The highest BCUT2D eigenvalue weighted by Crippen LogP contribution is 2.42. The Morgan fingerprint density at radius 2 is 2.08 bits per heavy atom. The lowest BCUT2D eigenvalue weighted by Crippen LogP contribution is -2.60. The van der Waals surface area contributed by atoms with Crippen LogP contribution in [0.15, 0.2) is 0 Å². The van der Waals surface area contributed by atoms with E-state index in [1.54, 1.807) is 0 Å². The molecule has 0 aromatic heterocycles. The number of rotatable bonds is 4. The third-order valence-corrected chi connectivity index (χ3v) is 3.81. The molecule has 0 bridgehead atoms. The van der Waals surface area contributed by atoms with E-state index < -0.39 is 0 Å². The molecular weight excluding hydrogens is 162 g/mol. The van der Waals surface area contributed by atoms with E-state index in [1.807, 2.05) is 7.11 Å². The molecule has 0 aromatic rings. The average molecular weight is 183 g/mol. The van der Waals surface area contributed by atoms with Crippen LogP contribution in [0.25, 0.3) is 0 Å². The average Bonchev–Trinajstić information content (AvgIpc) is 2.86. The summed E-state index contributed by atoms with van der Waals surface area (Å²) < 4.78 is 5.41. The molecule has 2 rings (SSSR count). The summed E-state index contributed by atoms with van der Waals surface area (Å²) in [5, 5.41) is 3.66. The molecule has 2 aliphatic carbocycles. The summed E-state index contributed by atoms with van der Waals surface area (Å²) in [7, 11) is 1.82. The van der Waals surface area contributed by atoms with Crippen LogP contribution in [0.2, 0.25) is 0 Å². The molecule has 0 saturated heterocycles. The highest BCUT2D eigenvalue weighted by molar-refractivity contribution is 5.03. The van der Waals surface area contributed by atoms with Gasteiger partial charge in [-0.05, 0) is 31.7 Å². The van der Waals surface area contributed by atoms with Crippen molar-refractivity contribution in [3.8, 4) is 0 Å². The lowest BCUT2D eigenvalue weighted by atomic mass is 9.64.